The number of carbonyl (C=O) groups excluding carboxylic acids is 6. The second kappa shape index (κ2) is 32.9. The number of hydrogen-bond donors (Lipinski definition) is 11. The lowest BCUT2D eigenvalue weighted by atomic mass is 10.1. The van der Waals surface area contributed by atoms with E-state index in [1.807, 2.05) is 36.7 Å². The predicted molar refractivity (Wildman–Crippen MR) is 240 cm³/mol. The summed E-state index contributed by atoms with van der Waals surface area (Å²) in [4.78, 5) is 76.7. The first-order valence-corrected chi connectivity index (χ1v) is 21.1. The quantitative estimate of drug-likeness (QED) is 0.0421. The number of thiophene rings is 2. The van der Waals surface area contributed by atoms with E-state index in [2.05, 4.69) is 64.1 Å². The number of amides is 6. The molecule has 0 fully saturated rings. The second-order valence-corrected chi connectivity index (χ2v) is 15.0. The summed E-state index contributed by atoms with van der Waals surface area (Å²) >= 11 is 7.16. The van der Waals surface area contributed by atoms with Crippen LogP contribution in [0.4, 0.5) is 0 Å². The molecule has 3 rings (SSSR count). The van der Waals surface area contributed by atoms with E-state index in [0.29, 0.717) is 10.6 Å². The lowest BCUT2D eigenvalue weighted by Gasteiger charge is -2.24. The average molecular weight is 879 g/mol. The van der Waals surface area contributed by atoms with Crippen LogP contribution in [0.2, 0.25) is 0 Å². The third-order valence-electron chi connectivity index (χ3n) is 7.56. The minimum Gasteiger partial charge on any atom is -0.497 e. The highest BCUT2D eigenvalue weighted by Gasteiger charge is 2.28. The lowest BCUT2D eigenvalue weighted by molar-refractivity contribution is -0.128. The van der Waals surface area contributed by atoms with E-state index in [9.17, 15) is 28.8 Å². The van der Waals surface area contributed by atoms with Crippen molar-refractivity contribution in [3.63, 3.8) is 0 Å². The maximum absolute atomic E-state index is 12.8. The fourth-order valence-corrected chi connectivity index (χ4v) is 6.54. The van der Waals surface area contributed by atoms with Gasteiger partial charge in [-0.3, -0.25) is 34.2 Å². The molecular formula is C39H62N10O7S3. The second-order valence-electron chi connectivity index (χ2n) is 12.4. The number of methoxy groups -OCH3 is 1. The summed E-state index contributed by atoms with van der Waals surface area (Å²) in [5, 5.41) is 22.4. The molecule has 59 heavy (non-hydrogen) atoms. The van der Waals surface area contributed by atoms with E-state index in [1.54, 1.807) is 35.6 Å². The van der Waals surface area contributed by atoms with E-state index in [-0.39, 0.29) is 25.9 Å². The van der Waals surface area contributed by atoms with Crippen LogP contribution in [0.15, 0.2) is 53.9 Å². The summed E-state index contributed by atoms with van der Waals surface area (Å²) in [5.74, 6) is -2.82. The zero-order chi connectivity index (χ0) is 44.6. The molecule has 3 atom stereocenters. The molecule has 0 spiro atoms. The van der Waals surface area contributed by atoms with Crippen LogP contribution < -0.4 is 53.8 Å². The molecular weight excluding hydrogens is 817 g/mol. The Morgan fingerprint density at radius 2 is 1.59 bits per heavy atom. The Morgan fingerprint density at radius 1 is 0.915 bits per heavy atom. The van der Waals surface area contributed by atoms with Crippen molar-refractivity contribution in [3.05, 3.63) is 64.4 Å². The molecule has 13 N–H and O–H groups in total. The number of hydrogen-bond acceptors (Lipinski definition) is 13. The number of unbranched alkanes of at least 4 members (excludes halogenated alkanes) is 1. The number of rotatable bonds is 21. The molecule has 0 aliphatic heterocycles. The monoisotopic (exact) mass is 878 g/mol. The Kier molecular flexibility index (Phi) is 30.1. The first-order valence-electron chi connectivity index (χ1n) is 18.9. The van der Waals surface area contributed by atoms with E-state index in [1.165, 1.54) is 44.6 Å². The Bertz CT molecular complexity index is 1680. The van der Waals surface area contributed by atoms with E-state index >= 15 is 0 Å². The summed E-state index contributed by atoms with van der Waals surface area (Å²) in [6.45, 7) is 7.14. The third kappa shape index (κ3) is 24.5. The molecule has 2 unspecified atom stereocenters. The van der Waals surface area contributed by atoms with Gasteiger partial charge in [-0.2, -0.15) is 12.6 Å². The molecule has 0 radical (unpaired) electrons. The van der Waals surface area contributed by atoms with Gasteiger partial charge in [0.2, 0.25) is 29.5 Å². The van der Waals surface area contributed by atoms with Gasteiger partial charge < -0.3 is 53.8 Å². The minimum atomic E-state index is -1.15. The van der Waals surface area contributed by atoms with Gasteiger partial charge in [-0.05, 0) is 87.6 Å². The van der Waals surface area contributed by atoms with Crippen LogP contribution in [0.5, 0.6) is 5.75 Å². The van der Waals surface area contributed by atoms with Crippen LogP contribution in [-0.2, 0) is 30.5 Å². The highest BCUT2D eigenvalue weighted by molar-refractivity contribution is 7.81. The van der Waals surface area contributed by atoms with E-state index in [4.69, 9.17) is 21.6 Å². The molecule has 2 aromatic heterocycles. The molecule has 20 heteroatoms. The number of benzene rings is 1. The van der Waals surface area contributed by atoms with Crippen LogP contribution in [0, 0.1) is 5.41 Å². The van der Waals surface area contributed by atoms with Gasteiger partial charge in [-0.15, -0.1) is 22.7 Å². The average Bonchev–Trinajstić information content (AvgIpc) is 3.95. The highest BCUT2D eigenvalue weighted by Crippen LogP contribution is 2.31. The predicted octanol–water partition coefficient (Wildman–Crippen LogP) is 2.11. The Labute approximate surface area is 360 Å². The molecule has 2 heterocycles. The lowest BCUT2D eigenvalue weighted by Crippen LogP contribution is -2.52. The number of ether oxygens (including phenoxy) is 1. The SMILES string of the molecule is CCCCN.CCCNC.COc1cccc(CNC(=O)CNC(=O)C(S)[C@H](CCC(N)=O)NC(=O)CNC(=O)C(C)NC(=O)c2ccc(-c3cccs3)s2)c1.N=CN. The summed E-state index contributed by atoms with van der Waals surface area (Å²) < 4.78 is 5.16. The number of nitrogens with one attached hydrogen (secondary N) is 7. The van der Waals surface area contributed by atoms with Crippen LogP contribution >= 0.6 is 35.3 Å². The fraction of sp³-hybridized carbons (Fsp3) is 0.462. The molecule has 6 amide bonds. The van der Waals surface area contributed by atoms with Crippen LogP contribution in [0.1, 0.15) is 68.1 Å². The summed E-state index contributed by atoms with van der Waals surface area (Å²) in [6.07, 6.45) is 4.20. The molecule has 3 aromatic rings. The van der Waals surface area contributed by atoms with Gasteiger partial charge in [-0.25, -0.2) is 0 Å². The maximum Gasteiger partial charge on any atom is 0.262 e. The van der Waals surface area contributed by atoms with Gasteiger partial charge in [0.05, 0.1) is 31.4 Å². The third-order valence-corrected chi connectivity index (χ3v) is 10.3. The molecule has 328 valence electrons. The maximum atomic E-state index is 12.8. The van der Waals surface area contributed by atoms with Gasteiger partial charge in [0.15, 0.2) is 0 Å². The van der Waals surface area contributed by atoms with Crippen LogP contribution in [-0.4, -0.2) is 99.5 Å². The summed E-state index contributed by atoms with van der Waals surface area (Å²) in [7, 11) is 3.50. The molecule has 0 aliphatic carbocycles. The smallest absolute Gasteiger partial charge is 0.262 e. The Hall–Kier alpha value is -5.02. The van der Waals surface area contributed by atoms with Gasteiger partial charge in [0.25, 0.3) is 5.91 Å². The van der Waals surface area contributed by atoms with Crippen LogP contribution in [0.25, 0.3) is 9.75 Å². The van der Waals surface area contributed by atoms with Gasteiger partial charge in [0, 0.05) is 28.8 Å². The minimum absolute atomic E-state index is 0.0145. The van der Waals surface area contributed by atoms with Crippen molar-refractivity contribution in [2.24, 2.45) is 17.2 Å². The van der Waals surface area contributed by atoms with Gasteiger partial charge in [-0.1, -0.05) is 38.5 Å². The first-order chi connectivity index (χ1) is 28.2. The van der Waals surface area contributed by atoms with Crippen molar-refractivity contribution in [3.8, 4) is 15.5 Å². The van der Waals surface area contributed by atoms with E-state index < -0.39 is 59.3 Å². The number of carbonyl (C=O) groups is 6. The zero-order valence-corrected chi connectivity index (χ0v) is 37.0. The van der Waals surface area contributed by atoms with Crippen molar-refractivity contribution in [1.82, 2.24) is 31.9 Å². The van der Waals surface area contributed by atoms with Crippen molar-refractivity contribution < 1.29 is 33.5 Å². The highest BCUT2D eigenvalue weighted by atomic mass is 32.1. The van der Waals surface area contributed by atoms with Crippen molar-refractivity contribution >= 4 is 77.1 Å². The zero-order valence-electron chi connectivity index (χ0n) is 34.4. The molecule has 1 aromatic carbocycles. The normalized spacial score (nSPS) is 11.4. The number of primary amides is 1. The largest absolute Gasteiger partial charge is 0.497 e. The fourth-order valence-electron chi connectivity index (χ4n) is 4.48. The van der Waals surface area contributed by atoms with E-state index in [0.717, 1.165) is 34.7 Å². The summed E-state index contributed by atoms with van der Waals surface area (Å²) in [5.41, 5.74) is 15.6. The molecule has 0 saturated carbocycles. The molecule has 0 saturated heterocycles. The van der Waals surface area contributed by atoms with Gasteiger partial charge >= 0.3 is 0 Å². The van der Waals surface area contributed by atoms with Gasteiger partial charge in [0.1, 0.15) is 17.0 Å². The summed E-state index contributed by atoms with van der Waals surface area (Å²) in [6, 6.07) is 12.6. The van der Waals surface area contributed by atoms with Crippen molar-refractivity contribution in [1.29, 1.82) is 5.41 Å². The topological polar surface area (TPSA) is 286 Å². The first kappa shape index (κ1) is 54.0. The number of nitrogens with two attached hydrogens (primary N) is 3. The molecule has 0 aliphatic rings. The van der Waals surface area contributed by atoms with Crippen LogP contribution in [0.3, 0.4) is 0 Å². The molecule has 0 bridgehead atoms. The Balaban J connectivity index is 0.00000225. The van der Waals surface area contributed by atoms with Crippen molar-refractivity contribution in [2.45, 2.75) is 76.8 Å². The standard InChI is InChI=1S/C30H36N6O7S3.2C4H11N.CH4N2/c1-17(35-29(41)23-10-9-22(46-23)21-7-4-12-45-21)28(40)33-16-26(39)36-20(8-11-24(31)37)27(44)30(42)34-15-25(38)32-14-18-5-3-6-19(13-18)43-2;1-3-4-5-2;1-2-3-4-5;2-1-3/h3-7,9-10,12-13,17,20,27,44H,8,11,14-16H2,1-2H3,(H2,31,37)(H,32,38)(H,33,40)(H,34,42)(H,35,41)(H,36,39);5H,3-4H2,1-2H3;2-5H2,1H3;1H,(H3,2,3)/t17?,20-,27?;;;/m0.../s1. The molecule has 17 nitrogen and oxygen atoms in total. The number of thiol groups is 1. The van der Waals surface area contributed by atoms with Crippen molar-refractivity contribution in [2.75, 3.05) is 40.3 Å². The Morgan fingerprint density at radius 3 is 2.14 bits per heavy atom.